The largest absolute Gasteiger partial charge is 0.573 e. The van der Waals surface area contributed by atoms with E-state index >= 15 is 0 Å². The summed E-state index contributed by atoms with van der Waals surface area (Å²) >= 11 is 5.92. The number of rotatable bonds is 6. The van der Waals surface area contributed by atoms with E-state index in [0.29, 0.717) is 6.07 Å². The number of ether oxygens (including phenoxy) is 1. The lowest BCUT2D eigenvalue weighted by Crippen LogP contribution is -2.19. The van der Waals surface area contributed by atoms with Crippen molar-refractivity contribution in [3.63, 3.8) is 0 Å². The highest BCUT2D eigenvalue weighted by molar-refractivity contribution is 7.92. The smallest absolute Gasteiger partial charge is 0.459 e. The van der Waals surface area contributed by atoms with Crippen LogP contribution in [-0.2, 0) is 10.0 Å². The van der Waals surface area contributed by atoms with Gasteiger partial charge in [0.2, 0.25) is 0 Å². The van der Waals surface area contributed by atoms with Crippen LogP contribution in [0.3, 0.4) is 0 Å². The highest BCUT2D eigenvalue weighted by Gasteiger charge is 2.31. The van der Waals surface area contributed by atoms with Gasteiger partial charge in [-0.1, -0.05) is 17.7 Å². The van der Waals surface area contributed by atoms with Gasteiger partial charge in [0.15, 0.2) is 5.76 Å². The Labute approximate surface area is 173 Å². The summed E-state index contributed by atoms with van der Waals surface area (Å²) in [6.07, 6.45) is -3.69. The second kappa shape index (κ2) is 8.28. The average molecular weight is 461 g/mol. The number of anilines is 2. The Morgan fingerprint density at radius 2 is 1.80 bits per heavy atom. The number of amides is 1. The number of benzene rings is 2. The standard InChI is InChI=1S/C18H12ClF3N2O5S/c19-11-6-7-14(15(9-11)23-17(25)16-5-2-8-28-16)24-30(26,27)13-4-1-3-12(10-13)29-18(20,21)22/h1-10,24H,(H,23,25). The fourth-order valence-corrected chi connectivity index (χ4v) is 3.63. The average Bonchev–Trinajstić information content (AvgIpc) is 3.17. The summed E-state index contributed by atoms with van der Waals surface area (Å²) in [6, 6.07) is 10.7. The molecule has 2 N–H and O–H groups in total. The first-order valence-corrected chi connectivity index (χ1v) is 9.93. The molecular weight excluding hydrogens is 449 g/mol. The molecule has 0 fully saturated rings. The predicted molar refractivity (Wildman–Crippen MR) is 102 cm³/mol. The molecule has 12 heteroatoms. The molecule has 1 amide bonds. The van der Waals surface area contributed by atoms with Crippen LogP contribution in [0.5, 0.6) is 5.75 Å². The second-order valence-corrected chi connectivity index (χ2v) is 7.87. The maximum atomic E-state index is 12.7. The lowest BCUT2D eigenvalue weighted by atomic mass is 10.2. The number of hydrogen-bond acceptors (Lipinski definition) is 5. The molecule has 1 heterocycles. The van der Waals surface area contributed by atoms with Crippen LogP contribution < -0.4 is 14.8 Å². The van der Waals surface area contributed by atoms with Crippen LogP contribution in [0.2, 0.25) is 5.02 Å². The van der Waals surface area contributed by atoms with Gasteiger partial charge in [-0.15, -0.1) is 13.2 Å². The van der Waals surface area contributed by atoms with Gasteiger partial charge in [0.25, 0.3) is 15.9 Å². The molecule has 158 valence electrons. The molecule has 30 heavy (non-hydrogen) atoms. The Bertz CT molecular complexity index is 1160. The number of hydrogen-bond donors (Lipinski definition) is 2. The highest BCUT2D eigenvalue weighted by Crippen LogP contribution is 2.30. The molecule has 0 aliphatic carbocycles. The minimum absolute atomic E-state index is 0.00942. The van der Waals surface area contributed by atoms with Crippen molar-refractivity contribution < 1.29 is 35.5 Å². The van der Waals surface area contributed by atoms with Crippen molar-refractivity contribution >= 4 is 38.9 Å². The van der Waals surface area contributed by atoms with Gasteiger partial charge in [-0.3, -0.25) is 9.52 Å². The third kappa shape index (κ3) is 5.45. The van der Waals surface area contributed by atoms with Crippen molar-refractivity contribution in [2.75, 3.05) is 10.0 Å². The quantitative estimate of drug-likeness (QED) is 0.546. The highest BCUT2D eigenvalue weighted by atomic mass is 35.5. The van der Waals surface area contributed by atoms with Crippen molar-refractivity contribution in [1.29, 1.82) is 0 Å². The van der Waals surface area contributed by atoms with Crippen molar-refractivity contribution in [1.82, 2.24) is 0 Å². The topological polar surface area (TPSA) is 97.6 Å². The van der Waals surface area contributed by atoms with E-state index in [1.807, 2.05) is 0 Å². The molecular formula is C18H12ClF3N2O5S. The maximum Gasteiger partial charge on any atom is 0.573 e. The predicted octanol–water partition coefficient (Wildman–Crippen LogP) is 4.88. The Hall–Kier alpha value is -3.18. The van der Waals surface area contributed by atoms with Crippen LogP contribution in [0.4, 0.5) is 24.5 Å². The number of halogens is 4. The monoisotopic (exact) mass is 460 g/mol. The van der Waals surface area contributed by atoms with Crippen molar-refractivity contribution in [2.24, 2.45) is 0 Å². The van der Waals surface area contributed by atoms with Gasteiger partial charge >= 0.3 is 6.36 Å². The zero-order chi connectivity index (χ0) is 21.9. The summed E-state index contributed by atoms with van der Waals surface area (Å²) in [5, 5.41) is 2.65. The van der Waals surface area contributed by atoms with Crippen LogP contribution in [0.1, 0.15) is 10.6 Å². The van der Waals surface area contributed by atoms with Gasteiger partial charge in [0.1, 0.15) is 5.75 Å². The zero-order valence-corrected chi connectivity index (χ0v) is 16.3. The van der Waals surface area contributed by atoms with Crippen LogP contribution in [-0.4, -0.2) is 20.7 Å². The molecule has 0 saturated carbocycles. The molecule has 0 bridgehead atoms. The molecule has 0 unspecified atom stereocenters. The molecule has 2 aromatic carbocycles. The minimum atomic E-state index is -4.98. The SMILES string of the molecule is O=C(Nc1cc(Cl)ccc1NS(=O)(=O)c1cccc(OC(F)(F)F)c1)c1ccco1. The molecule has 0 spiro atoms. The Kier molecular flexibility index (Phi) is 5.94. The fraction of sp³-hybridized carbons (Fsp3) is 0.0556. The number of alkyl halides is 3. The normalized spacial score (nSPS) is 11.7. The molecule has 1 aromatic heterocycles. The minimum Gasteiger partial charge on any atom is -0.459 e. The van der Waals surface area contributed by atoms with Gasteiger partial charge in [-0.25, -0.2) is 8.42 Å². The Morgan fingerprint density at radius 1 is 1.03 bits per heavy atom. The van der Waals surface area contributed by atoms with E-state index < -0.39 is 32.9 Å². The van der Waals surface area contributed by atoms with E-state index in [0.717, 1.165) is 18.2 Å². The summed E-state index contributed by atoms with van der Waals surface area (Å²) < 4.78 is 73.4. The first kappa shape index (κ1) is 21.5. The molecule has 0 aliphatic rings. The maximum absolute atomic E-state index is 12.7. The van der Waals surface area contributed by atoms with Crippen LogP contribution in [0.15, 0.2) is 70.2 Å². The summed E-state index contributed by atoms with van der Waals surface area (Å²) in [5.74, 6) is -1.39. The molecule has 0 saturated heterocycles. The van der Waals surface area contributed by atoms with Gasteiger partial charge < -0.3 is 14.5 Å². The Balaban J connectivity index is 1.88. The third-order valence-electron chi connectivity index (χ3n) is 3.57. The summed E-state index contributed by atoms with van der Waals surface area (Å²) in [7, 11) is -4.33. The molecule has 0 radical (unpaired) electrons. The van der Waals surface area contributed by atoms with E-state index in [2.05, 4.69) is 14.8 Å². The lowest BCUT2D eigenvalue weighted by molar-refractivity contribution is -0.274. The first-order valence-electron chi connectivity index (χ1n) is 8.06. The molecule has 0 atom stereocenters. The lowest BCUT2D eigenvalue weighted by Gasteiger charge is -2.14. The van der Waals surface area contributed by atoms with Crippen molar-refractivity contribution in [3.05, 3.63) is 71.6 Å². The van der Waals surface area contributed by atoms with E-state index in [1.165, 1.54) is 36.6 Å². The number of carbonyl (C=O) groups is 1. The number of carbonyl (C=O) groups excluding carboxylic acids is 1. The summed E-state index contributed by atoms with van der Waals surface area (Å²) in [5.41, 5.74) is -0.0587. The van der Waals surface area contributed by atoms with Gasteiger partial charge in [0.05, 0.1) is 22.5 Å². The van der Waals surface area contributed by atoms with E-state index in [-0.39, 0.29) is 22.2 Å². The van der Waals surface area contributed by atoms with Crippen LogP contribution in [0, 0.1) is 0 Å². The third-order valence-corrected chi connectivity index (χ3v) is 5.17. The Morgan fingerprint density at radius 3 is 2.47 bits per heavy atom. The molecule has 3 aromatic rings. The van der Waals surface area contributed by atoms with E-state index in [9.17, 15) is 26.4 Å². The summed E-state index contributed by atoms with van der Waals surface area (Å²) in [4.78, 5) is 11.7. The molecule has 0 aliphatic heterocycles. The number of furan rings is 1. The fourth-order valence-electron chi connectivity index (χ4n) is 2.34. The zero-order valence-electron chi connectivity index (χ0n) is 14.7. The van der Waals surface area contributed by atoms with Crippen molar-refractivity contribution in [2.45, 2.75) is 11.3 Å². The number of sulfonamides is 1. The number of nitrogens with one attached hydrogen (secondary N) is 2. The molecule has 7 nitrogen and oxygen atoms in total. The first-order chi connectivity index (χ1) is 14.0. The van der Waals surface area contributed by atoms with Crippen molar-refractivity contribution in [3.8, 4) is 5.75 Å². The molecule has 3 rings (SSSR count). The van der Waals surface area contributed by atoms with E-state index in [1.54, 1.807) is 0 Å². The van der Waals surface area contributed by atoms with Crippen LogP contribution >= 0.6 is 11.6 Å². The van der Waals surface area contributed by atoms with Gasteiger partial charge in [-0.05, 0) is 42.5 Å². The van der Waals surface area contributed by atoms with Gasteiger partial charge in [-0.2, -0.15) is 0 Å². The van der Waals surface area contributed by atoms with E-state index in [4.69, 9.17) is 16.0 Å². The van der Waals surface area contributed by atoms with Gasteiger partial charge in [0, 0.05) is 11.1 Å². The second-order valence-electron chi connectivity index (χ2n) is 5.75. The van der Waals surface area contributed by atoms with Crippen LogP contribution in [0.25, 0.3) is 0 Å². The summed E-state index contributed by atoms with van der Waals surface area (Å²) in [6.45, 7) is 0.